The molecule has 2 aromatic heterocycles. The van der Waals surface area contributed by atoms with E-state index >= 15 is 0 Å². The maximum Gasteiger partial charge on any atom is 0.273 e. The lowest BCUT2D eigenvalue weighted by Gasteiger charge is -2.34. The Hall–Kier alpha value is -2.35. The zero-order valence-corrected chi connectivity index (χ0v) is 17.7. The smallest absolute Gasteiger partial charge is 0.273 e. The number of amides is 1. The molecular formula is C21H22ClN3O3S. The number of rotatable bonds is 6. The molecule has 0 saturated carbocycles. The first-order valence-corrected chi connectivity index (χ1v) is 10.7. The van der Waals surface area contributed by atoms with Crippen LogP contribution in [-0.2, 0) is 0 Å². The van der Waals surface area contributed by atoms with E-state index in [9.17, 15) is 4.79 Å². The van der Waals surface area contributed by atoms with Crippen LogP contribution in [0.2, 0.25) is 5.02 Å². The van der Waals surface area contributed by atoms with Crippen LogP contribution in [0.15, 0.2) is 47.1 Å². The van der Waals surface area contributed by atoms with Gasteiger partial charge in [-0.25, -0.2) is 4.98 Å². The molecule has 29 heavy (non-hydrogen) atoms. The van der Waals surface area contributed by atoms with Crippen LogP contribution in [-0.4, -0.2) is 60.0 Å². The zero-order valence-electron chi connectivity index (χ0n) is 16.1. The molecule has 1 aromatic carbocycles. The van der Waals surface area contributed by atoms with E-state index in [-0.39, 0.29) is 5.91 Å². The molecule has 1 saturated heterocycles. The second kappa shape index (κ2) is 8.98. The third kappa shape index (κ3) is 4.80. The second-order valence-corrected chi connectivity index (χ2v) is 8.48. The Morgan fingerprint density at radius 3 is 2.66 bits per heavy atom. The average Bonchev–Trinajstić information content (AvgIpc) is 3.39. The van der Waals surface area contributed by atoms with Gasteiger partial charge in [-0.2, -0.15) is 0 Å². The molecule has 3 aromatic rings. The second-order valence-electron chi connectivity index (χ2n) is 6.84. The van der Waals surface area contributed by atoms with Gasteiger partial charge in [0, 0.05) is 42.6 Å². The van der Waals surface area contributed by atoms with Crippen molar-refractivity contribution in [1.82, 2.24) is 14.8 Å². The zero-order chi connectivity index (χ0) is 20.2. The van der Waals surface area contributed by atoms with Crippen molar-refractivity contribution in [2.24, 2.45) is 0 Å². The number of carbonyl (C=O) groups excluding carboxylic acids is 1. The number of furan rings is 1. The van der Waals surface area contributed by atoms with E-state index < -0.39 is 0 Å². The van der Waals surface area contributed by atoms with Gasteiger partial charge in [0.1, 0.15) is 18.1 Å². The first-order chi connectivity index (χ1) is 14.1. The fraction of sp³-hybridized carbons (Fsp3) is 0.333. The molecule has 4 rings (SSSR count). The number of carbonyl (C=O) groups is 1. The highest BCUT2D eigenvalue weighted by Gasteiger charge is 2.26. The molecule has 1 fully saturated rings. The minimum absolute atomic E-state index is 0.00591. The van der Waals surface area contributed by atoms with Crippen LogP contribution in [0.5, 0.6) is 5.75 Å². The van der Waals surface area contributed by atoms with E-state index in [1.807, 2.05) is 48.2 Å². The number of nitrogens with zero attached hydrogens (tertiary/aromatic N) is 3. The molecule has 1 aliphatic rings. The van der Waals surface area contributed by atoms with Gasteiger partial charge in [0.25, 0.3) is 5.91 Å². The highest BCUT2D eigenvalue weighted by molar-refractivity contribution is 7.15. The Labute approximate surface area is 178 Å². The van der Waals surface area contributed by atoms with Gasteiger partial charge < -0.3 is 14.1 Å². The predicted molar refractivity (Wildman–Crippen MR) is 114 cm³/mol. The van der Waals surface area contributed by atoms with E-state index in [1.54, 1.807) is 6.26 Å². The molecule has 0 bridgehead atoms. The summed E-state index contributed by atoms with van der Waals surface area (Å²) >= 11 is 7.37. The Kier molecular flexibility index (Phi) is 6.18. The van der Waals surface area contributed by atoms with Crippen molar-refractivity contribution in [3.8, 4) is 16.5 Å². The summed E-state index contributed by atoms with van der Waals surface area (Å²) in [4.78, 5) is 22.6. The van der Waals surface area contributed by atoms with Crippen molar-refractivity contribution in [2.45, 2.75) is 6.92 Å². The largest absolute Gasteiger partial charge is 0.492 e. The van der Waals surface area contributed by atoms with Crippen LogP contribution < -0.4 is 4.74 Å². The van der Waals surface area contributed by atoms with Crippen LogP contribution >= 0.6 is 22.9 Å². The summed E-state index contributed by atoms with van der Waals surface area (Å²) in [6, 6.07) is 11.1. The van der Waals surface area contributed by atoms with Gasteiger partial charge in [0.2, 0.25) is 0 Å². The van der Waals surface area contributed by atoms with E-state index in [1.165, 1.54) is 11.3 Å². The molecular weight excluding hydrogens is 410 g/mol. The van der Waals surface area contributed by atoms with Gasteiger partial charge in [-0.05, 0) is 43.3 Å². The summed E-state index contributed by atoms with van der Waals surface area (Å²) in [6.07, 6.45) is 1.61. The van der Waals surface area contributed by atoms with Crippen LogP contribution in [0, 0.1) is 6.92 Å². The number of benzene rings is 1. The third-order valence-electron chi connectivity index (χ3n) is 4.88. The third-order valence-corrected chi connectivity index (χ3v) is 6.12. The number of thiazole rings is 1. The lowest BCUT2D eigenvalue weighted by molar-refractivity contribution is 0.0615. The lowest BCUT2D eigenvalue weighted by Crippen LogP contribution is -2.49. The van der Waals surface area contributed by atoms with Gasteiger partial charge in [-0.1, -0.05) is 11.6 Å². The number of piperazine rings is 1. The summed E-state index contributed by atoms with van der Waals surface area (Å²) in [5.41, 5.74) is 0.529. The summed E-state index contributed by atoms with van der Waals surface area (Å²) < 4.78 is 11.2. The number of halogens is 1. The molecule has 0 radical (unpaired) electrons. The fourth-order valence-corrected chi connectivity index (χ4v) is 4.25. The van der Waals surface area contributed by atoms with Crippen LogP contribution in [0.4, 0.5) is 0 Å². The molecule has 0 atom stereocenters. The summed E-state index contributed by atoms with van der Waals surface area (Å²) in [7, 11) is 0. The molecule has 0 spiro atoms. The van der Waals surface area contributed by atoms with Crippen molar-refractivity contribution in [3.63, 3.8) is 0 Å². The Bertz CT molecular complexity index is 948. The van der Waals surface area contributed by atoms with Gasteiger partial charge in [-0.15, -0.1) is 11.3 Å². The van der Waals surface area contributed by atoms with Gasteiger partial charge >= 0.3 is 0 Å². The normalized spacial score (nSPS) is 14.9. The molecule has 0 unspecified atom stereocenters. The first kappa shape index (κ1) is 19.9. The number of aryl methyl sites for hydroxylation is 1. The molecule has 0 N–H and O–H groups in total. The summed E-state index contributed by atoms with van der Waals surface area (Å²) in [5.74, 6) is 1.51. The molecule has 6 nitrogen and oxygen atoms in total. The van der Waals surface area contributed by atoms with E-state index in [4.69, 9.17) is 20.8 Å². The topological polar surface area (TPSA) is 58.8 Å². The van der Waals surface area contributed by atoms with Gasteiger partial charge in [-0.3, -0.25) is 9.69 Å². The van der Waals surface area contributed by atoms with Crippen molar-refractivity contribution >= 4 is 28.8 Å². The SMILES string of the molecule is Cc1sc(-c2ccco2)nc1C(=O)N1CCN(CCOc2ccc(Cl)cc2)CC1. The standard InChI is InChI=1S/C21H22ClN3O3S/c1-15-19(23-20(29-15)18-3-2-13-28-18)21(26)25-10-8-24(9-11-25)12-14-27-17-6-4-16(22)5-7-17/h2-7,13H,8-12,14H2,1H3. The lowest BCUT2D eigenvalue weighted by atomic mass is 10.2. The Balaban J connectivity index is 1.27. The molecule has 3 heterocycles. The van der Waals surface area contributed by atoms with Crippen molar-refractivity contribution in [3.05, 3.63) is 58.3 Å². The quantitative estimate of drug-likeness (QED) is 0.585. The molecule has 1 aliphatic heterocycles. The summed E-state index contributed by atoms with van der Waals surface area (Å²) in [6.45, 7) is 6.38. The average molecular weight is 432 g/mol. The van der Waals surface area contributed by atoms with E-state index in [0.717, 1.165) is 35.3 Å². The van der Waals surface area contributed by atoms with Crippen LogP contribution in [0.3, 0.4) is 0 Å². The van der Waals surface area contributed by atoms with Crippen molar-refractivity contribution < 1.29 is 13.9 Å². The Morgan fingerprint density at radius 2 is 1.97 bits per heavy atom. The molecule has 0 aliphatic carbocycles. The minimum Gasteiger partial charge on any atom is -0.492 e. The van der Waals surface area contributed by atoms with E-state index in [0.29, 0.717) is 36.2 Å². The molecule has 8 heteroatoms. The molecule has 1 amide bonds. The van der Waals surface area contributed by atoms with Crippen LogP contribution in [0.25, 0.3) is 10.8 Å². The van der Waals surface area contributed by atoms with Crippen molar-refractivity contribution in [2.75, 3.05) is 39.3 Å². The number of hydrogen-bond donors (Lipinski definition) is 0. The number of ether oxygens (including phenoxy) is 1. The highest BCUT2D eigenvalue weighted by Crippen LogP contribution is 2.28. The first-order valence-electron chi connectivity index (χ1n) is 9.51. The minimum atomic E-state index is -0.00591. The molecule has 152 valence electrons. The number of aromatic nitrogens is 1. The van der Waals surface area contributed by atoms with Crippen LogP contribution in [0.1, 0.15) is 15.4 Å². The van der Waals surface area contributed by atoms with Crippen molar-refractivity contribution in [1.29, 1.82) is 0 Å². The van der Waals surface area contributed by atoms with Gasteiger partial charge in [0.05, 0.1) is 6.26 Å². The Morgan fingerprint density at radius 1 is 1.21 bits per heavy atom. The predicted octanol–water partition coefficient (Wildman–Crippen LogP) is 4.20. The maximum absolute atomic E-state index is 12.9. The van der Waals surface area contributed by atoms with Gasteiger partial charge in [0.15, 0.2) is 10.8 Å². The monoisotopic (exact) mass is 431 g/mol. The van der Waals surface area contributed by atoms with E-state index in [2.05, 4.69) is 9.88 Å². The summed E-state index contributed by atoms with van der Waals surface area (Å²) in [5, 5.41) is 1.44. The maximum atomic E-state index is 12.9. The number of hydrogen-bond acceptors (Lipinski definition) is 6. The highest BCUT2D eigenvalue weighted by atomic mass is 35.5. The fourth-order valence-electron chi connectivity index (χ4n) is 3.25.